The van der Waals surface area contributed by atoms with Gasteiger partial charge in [-0.3, -0.25) is 9.48 Å². The monoisotopic (exact) mass is 414 g/mol. The molecular weight excluding hydrogens is 388 g/mol. The number of carbonyl (C=O) groups excluding carboxylic acids is 2. The highest BCUT2D eigenvalue weighted by Crippen LogP contribution is 2.35. The molecule has 0 aliphatic heterocycles. The first-order chi connectivity index (χ1) is 14.0. The second-order valence-corrected chi connectivity index (χ2v) is 8.06. The first kappa shape index (κ1) is 21.1. The second kappa shape index (κ2) is 9.73. The minimum Gasteiger partial charge on any atom is -0.464 e. The number of hydrogen-bond donors (Lipinski definition) is 1. The number of hydrogen-bond acceptors (Lipinski definition) is 6. The van der Waals surface area contributed by atoms with E-state index in [-0.39, 0.29) is 11.6 Å². The summed E-state index contributed by atoms with van der Waals surface area (Å²) in [6.07, 6.45) is 9.22. The van der Waals surface area contributed by atoms with E-state index < -0.39 is 5.97 Å². The summed E-state index contributed by atoms with van der Waals surface area (Å²) in [7, 11) is 1.30. The molecule has 2 heterocycles. The maximum absolute atomic E-state index is 12.8. The number of rotatable bonds is 6. The molecule has 0 unspecified atom stereocenters. The van der Waals surface area contributed by atoms with Crippen molar-refractivity contribution in [2.45, 2.75) is 57.0 Å². The molecule has 29 heavy (non-hydrogen) atoms. The SMILES string of the molecule is C/C=C(\Sc1cc(C)nn1C1CCCCC1)C(=O)Nc1ccc(C(=O)OC)nc1. The van der Waals surface area contributed by atoms with Crippen LogP contribution < -0.4 is 5.32 Å². The molecule has 3 rings (SSSR count). The van der Waals surface area contributed by atoms with E-state index in [4.69, 9.17) is 0 Å². The van der Waals surface area contributed by atoms with Crippen molar-refractivity contribution in [2.24, 2.45) is 0 Å². The molecule has 0 atom stereocenters. The number of amides is 1. The summed E-state index contributed by atoms with van der Waals surface area (Å²) in [5.74, 6) is -0.738. The van der Waals surface area contributed by atoms with Gasteiger partial charge in [0.15, 0.2) is 0 Å². The number of anilines is 1. The summed E-state index contributed by atoms with van der Waals surface area (Å²) in [5.41, 5.74) is 1.66. The molecule has 0 bridgehead atoms. The number of nitrogens with zero attached hydrogens (tertiary/aromatic N) is 3. The van der Waals surface area contributed by atoms with Gasteiger partial charge in [-0.2, -0.15) is 5.10 Å². The Morgan fingerprint density at radius 3 is 2.66 bits per heavy atom. The highest BCUT2D eigenvalue weighted by Gasteiger charge is 2.21. The lowest BCUT2D eigenvalue weighted by atomic mass is 9.96. The van der Waals surface area contributed by atoms with Crippen molar-refractivity contribution in [1.29, 1.82) is 0 Å². The first-order valence-corrected chi connectivity index (χ1v) is 10.6. The van der Waals surface area contributed by atoms with E-state index >= 15 is 0 Å². The molecule has 0 aromatic carbocycles. The zero-order valence-electron chi connectivity index (χ0n) is 17.0. The van der Waals surface area contributed by atoms with Crippen molar-refractivity contribution in [1.82, 2.24) is 14.8 Å². The maximum Gasteiger partial charge on any atom is 0.356 e. The number of methoxy groups -OCH3 is 1. The average molecular weight is 415 g/mol. The van der Waals surface area contributed by atoms with Crippen LogP contribution in [0.25, 0.3) is 0 Å². The number of nitrogens with one attached hydrogen (secondary N) is 1. The fraction of sp³-hybridized carbons (Fsp3) is 0.429. The van der Waals surface area contributed by atoms with Crippen LogP contribution in [0.4, 0.5) is 5.69 Å². The van der Waals surface area contributed by atoms with E-state index in [2.05, 4.69) is 24.8 Å². The highest BCUT2D eigenvalue weighted by atomic mass is 32.2. The summed E-state index contributed by atoms with van der Waals surface area (Å²) in [6.45, 7) is 3.82. The van der Waals surface area contributed by atoms with Gasteiger partial charge in [0, 0.05) is 0 Å². The molecule has 0 radical (unpaired) electrons. The lowest BCUT2D eigenvalue weighted by Crippen LogP contribution is -2.17. The van der Waals surface area contributed by atoms with Crippen molar-refractivity contribution in [3.8, 4) is 0 Å². The third-order valence-electron chi connectivity index (χ3n) is 4.86. The second-order valence-electron chi connectivity index (χ2n) is 6.99. The van der Waals surface area contributed by atoms with Crippen LogP contribution in [0.5, 0.6) is 0 Å². The molecule has 1 saturated carbocycles. The van der Waals surface area contributed by atoms with Gasteiger partial charge in [0.2, 0.25) is 0 Å². The molecule has 1 N–H and O–H groups in total. The van der Waals surface area contributed by atoms with Crippen LogP contribution in [-0.2, 0) is 9.53 Å². The van der Waals surface area contributed by atoms with Crippen molar-refractivity contribution in [3.05, 3.63) is 46.8 Å². The lowest BCUT2D eigenvalue weighted by molar-refractivity contribution is -0.112. The van der Waals surface area contributed by atoms with E-state index in [1.54, 1.807) is 12.1 Å². The quantitative estimate of drug-likeness (QED) is 0.425. The molecule has 1 aliphatic rings. The number of allylic oxidation sites excluding steroid dienone is 1. The van der Waals surface area contributed by atoms with Gasteiger partial charge < -0.3 is 10.1 Å². The Morgan fingerprint density at radius 1 is 1.28 bits per heavy atom. The van der Waals surface area contributed by atoms with Gasteiger partial charge >= 0.3 is 5.97 Å². The molecule has 0 saturated heterocycles. The largest absolute Gasteiger partial charge is 0.464 e. The van der Waals surface area contributed by atoms with Crippen LogP contribution >= 0.6 is 11.8 Å². The molecule has 1 amide bonds. The van der Waals surface area contributed by atoms with Gasteiger partial charge in [-0.15, -0.1) is 0 Å². The summed E-state index contributed by atoms with van der Waals surface area (Å²) < 4.78 is 6.72. The van der Waals surface area contributed by atoms with Crippen LogP contribution in [0.1, 0.15) is 61.3 Å². The third-order valence-corrected chi connectivity index (χ3v) is 6.02. The smallest absolute Gasteiger partial charge is 0.356 e. The number of aryl methyl sites for hydroxylation is 1. The van der Waals surface area contributed by atoms with Crippen molar-refractivity contribution < 1.29 is 14.3 Å². The molecular formula is C21H26N4O3S. The van der Waals surface area contributed by atoms with E-state index in [0.29, 0.717) is 16.6 Å². The van der Waals surface area contributed by atoms with E-state index in [1.807, 2.05) is 19.9 Å². The Balaban J connectivity index is 1.70. The molecule has 2 aromatic rings. The minimum atomic E-state index is -0.515. The standard InChI is InChI=1S/C21H26N4O3S/c1-4-18(20(26)23-15-10-11-17(22-13-15)21(27)28-3)29-19-12-14(2)24-25(19)16-8-6-5-7-9-16/h4,10-13,16H,5-9H2,1-3H3,(H,23,26)/b18-4-. The molecule has 7 nitrogen and oxygen atoms in total. The van der Waals surface area contributed by atoms with Gasteiger partial charge in [-0.1, -0.05) is 37.1 Å². The van der Waals surface area contributed by atoms with E-state index in [1.165, 1.54) is 50.4 Å². The maximum atomic E-state index is 12.8. The van der Waals surface area contributed by atoms with E-state index in [9.17, 15) is 9.59 Å². The van der Waals surface area contributed by atoms with Gasteiger partial charge in [0.1, 0.15) is 5.69 Å². The normalized spacial score (nSPS) is 15.2. The van der Waals surface area contributed by atoms with Crippen LogP contribution in [0.15, 0.2) is 40.4 Å². The zero-order valence-corrected chi connectivity index (χ0v) is 17.8. The van der Waals surface area contributed by atoms with Gasteiger partial charge in [0.05, 0.1) is 40.7 Å². The first-order valence-electron chi connectivity index (χ1n) is 9.78. The number of carbonyl (C=O) groups is 2. The predicted octanol–water partition coefficient (Wildman–Crippen LogP) is 4.51. The van der Waals surface area contributed by atoms with Gasteiger partial charge in [-0.05, 0) is 44.9 Å². The fourth-order valence-corrected chi connectivity index (χ4v) is 4.39. The number of thioether (sulfide) groups is 1. The number of esters is 1. The molecule has 154 valence electrons. The molecule has 2 aromatic heterocycles. The summed E-state index contributed by atoms with van der Waals surface area (Å²) in [5, 5.41) is 8.50. The van der Waals surface area contributed by atoms with E-state index in [0.717, 1.165) is 23.6 Å². The Bertz CT molecular complexity index is 899. The predicted molar refractivity (Wildman–Crippen MR) is 113 cm³/mol. The lowest BCUT2D eigenvalue weighted by Gasteiger charge is -2.23. The topological polar surface area (TPSA) is 86.1 Å². The summed E-state index contributed by atoms with van der Waals surface area (Å²) >= 11 is 1.42. The minimum absolute atomic E-state index is 0.193. The Morgan fingerprint density at radius 2 is 2.03 bits per heavy atom. The van der Waals surface area contributed by atoms with Crippen LogP contribution in [0, 0.1) is 6.92 Å². The summed E-state index contributed by atoms with van der Waals surface area (Å²) in [4.78, 5) is 28.8. The third kappa shape index (κ3) is 5.26. The molecule has 1 aliphatic carbocycles. The number of pyridine rings is 1. The van der Waals surface area contributed by atoms with Crippen LogP contribution in [-0.4, -0.2) is 33.8 Å². The summed E-state index contributed by atoms with van der Waals surface area (Å²) in [6, 6.07) is 5.58. The average Bonchev–Trinajstić information content (AvgIpc) is 3.12. The molecule has 0 spiro atoms. The number of ether oxygens (including phenoxy) is 1. The highest BCUT2D eigenvalue weighted by molar-refractivity contribution is 8.04. The van der Waals surface area contributed by atoms with Gasteiger partial charge in [0.25, 0.3) is 5.91 Å². The van der Waals surface area contributed by atoms with Crippen LogP contribution in [0.2, 0.25) is 0 Å². The Hall–Kier alpha value is -2.61. The molecule has 1 fully saturated rings. The Kier molecular flexibility index (Phi) is 7.09. The van der Waals surface area contributed by atoms with Crippen molar-refractivity contribution in [3.63, 3.8) is 0 Å². The Labute approximate surface area is 174 Å². The molecule has 8 heteroatoms. The van der Waals surface area contributed by atoms with Crippen molar-refractivity contribution >= 4 is 29.3 Å². The van der Waals surface area contributed by atoms with Gasteiger partial charge in [-0.25, -0.2) is 9.78 Å². The zero-order chi connectivity index (χ0) is 20.8. The van der Waals surface area contributed by atoms with Crippen molar-refractivity contribution in [2.75, 3.05) is 12.4 Å². The van der Waals surface area contributed by atoms with Crippen LogP contribution in [0.3, 0.4) is 0 Å². The fourth-order valence-electron chi connectivity index (χ4n) is 3.39. The number of aromatic nitrogens is 3.